The Balaban J connectivity index is 1.88. The summed E-state index contributed by atoms with van der Waals surface area (Å²) in [5.41, 5.74) is 8.64. The molecule has 1 aromatic rings. The van der Waals surface area contributed by atoms with Crippen LogP contribution < -0.4 is 5.73 Å². The van der Waals surface area contributed by atoms with E-state index in [2.05, 4.69) is 62.0 Å². The van der Waals surface area contributed by atoms with Crippen molar-refractivity contribution in [3.63, 3.8) is 0 Å². The number of hydrogen-bond acceptors (Lipinski definition) is 3. The Labute approximate surface area is 130 Å². The zero-order chi connectivity index (χ0) is 15.5. The average Bonchev–Trinajstić information content (AvgIpc) is 2.68. The number of benzene rings is 1. The van der Waals surface area contributed by atoms with Gasteiger partial charge in [-0.1, -0.05) is 24.3 Å². The highest BCUT2D eigenvalue weighted by Crippen LogP contribution is 2.33. The zero-order valence-corrected chi connectivity index (χ0v) is 14.1. The van der Waals surface area contributed by atoms with Crippen molar-refractivity contribution in [3.05, 3.63) is 35.4 Å². The van der Waals surface area contributed by atoms with E-state index in [4.69, 9.17) is 5.73 Å². The molecule has 0 aromatic heterocycles. The van der Waals surface area contributed by atoms with Gasteiger partial charge in [-0.3, -0.25) is 0 Å². The molecule has 21 heavy (non-hydrogen) atoms. The van der Waals surface area contributed by atoms with Crippen LogP contribution in [0.25, 0.3) is 0 Å². The highest BCUT2D eigenvalue weighted by Gasteiger charge is 2.39. The van der Waals surface area contributed by atoms with Gasteiger partial charge in [0.05, 0.1) is 0 Å². The number of likely N-dealkylation sites (tertiary alicyclic amines) is 1. The van der Waals surface area contributed by atoms with Gasteiger partial charge in [0.25, 0.3) is 0 Å². The molecule has 1 aliphatic heterocycles. The highest BCUT2D eigenvalue weighted by atomic mass is 15.2. The molecule has 1 heterocycles. The number of hydrogen-bond donors (Lipinski definition) is 1. The smallest absolute Gasteiger partial charge is 0.0230 e. The molecule has 1 atom stereocenters. The van der Waals surface area contributed by atoms with E-state index in [-0.39, 0.29) is 0 Å². The average molecular weight is 289 g/mol. The minimum atomic E-state index is 0.319. The molecule has 0 amide bonds. The van der Waals surface area contributed by atoms with Gasteiger partial charge in [0.2, 0.25) is 0 Å². The molecule has 2 N–H and O–H groups in total. The summed E-state index contributed by atoms with van der Waals surface area (Å²) >= 11 is 0. The van der Waals surface area contributed by atoms with Crippen LogP contribution in [0.4, 0.5) is 0 Å². The molecule has 1 saturated heterocycles. The van der Waals surface area contributed by atoms with Crippen LogP contribution in [0, 0.1) is 5.92 Å². The van der Waals surface area contributed by atoms with Crippen LogP contribution in [0.1, 0.15) is 31.4 Å². The molecule has 118 valence electrons. The van der Waals surface area contributed by atoms with Crippen LogP contribution in [-0.2, 0) is 13.0 Å². The van der Waals surface area contributed by atoms with Crippen molar-refractivity contribution in [1.82, 2.24) is 9.80 Å². The van der Waals surface area contributed by atoms with E-state index in [0.717, 1.165) is 25.4 Å². The Morgan fingerprint density at radius 3 is 2.38 bits per heavy atom. The Bertz CT molecular complexity index is 438. The van der Waals surface area contributed by atoms with Gasteiger partial charge in [-0.15, -0.1) is 0 Å². The van der Waals surface area contributed by atoms with Gasteiger partial charge < -0.3 is 15.5 Å². The lowest BCUT2D eigenvalue weighted by molar-refractivity contribution is 0.140. The van der Waals surface area contributed by atoms with Gasteiger partial charge >= 0.3 is 0 Å². The van der Waals surface area contributed by atoms with Gasteiger partial charge in [0.1, 0.15) is 0 Å². The van der Waals surface area contributed by atoms with Crippen LogP contribution in [0.2, 0.25) is 0 Å². The normalized spacial score (nSPS) is 22.1. The van der Waals surface area contributed by atoms with Crippen LogP contribution in [-0.4, -0.2) is 49.1 Å². The van der Waals surface area contributed by atoms with Gasteiger partial charge in [0.15, 0.2) is 0 Å². The third kappa shape index (κ3) is 4.06. The standard InChI is InChI=1S/C18H31N3/c1-18(2)17(10-12-21(18)4)14-20(3)13-16-7-5-15(6-8-16)9-11-19/h5-8,17H,9-14,19H2,1-4H3/t17-/m1/s1. The monoisotopic (exact) mass is 289 g/mol. The Morgan fingerprint density at radius 2 is 1.86 bits per heavy atom. The maximum Gasteiger partial charge on any atom is 0.0230 e. The zero-order valence-electron chi connectivity index (χ0n) is 14.1. The molecule has 0 spiro atoms. The molecule has 1 aliphatic rings. The first-order valence-corrected chi connectivity index (χ1v) is 8.11. The lowest BCUT2D eigenvalue weighted by Gasteiger charge is -2.35. The molecule has 0 radical (unpaired) electrons. The van der Waals surface area contributed by atoms with E-state index < -0.39 is 0 Å². The van der Waals surface area contributed by atoms with Crippen molar-refractivity contribution >= 4 is 0 Å². The molecule has 0 aliphatic carbocycles. The highest BCUT2D eigenvalue weighted by molar-refractivity contribution is 5.22. The van der Waals surface area contributed by atoms with Crippen LogP contribution in [0.15, 0.2) is 24.3 Å². The van der Waals surface area contributed by atoms with Gasteiger partial charge in [-0.05, 0) is 70.9 Å². The second-order valence-electron chi connectivity index (χ2n) is 7.11. The number of nitrogens with two attached hydrogens (primary N) is 1. The molecule has 3 heteroatoms. The molecular weight excluding hydrogens is 258 g/mol. The van der Waals surface area contributed by atoms with Crippen molar-refractivity contribution in [1.29, 1.82) is 0 Å². The third-order valence-corrected chi connectivity index (χ3v) is 5.24. The Hall–Kier alpha value is -0.900. The minimum absolute atomic E-state index is 0.319. The molecule has 0 unspecified atom stereocenters. The van der Waals surface area contributed by atoms with Gasteiger partial charge in [-0.2, -0.15) is 0 Å². The number of nitrogens with zero attached hydrogens (tertiary/aromatic N) is 2. The van der Waals surface area contributed by atoms with E-state index in [1.807, 2.05) is 0 Å². The molecular formula is C18H31N3. The van der Waals surface area contributed by atoms with Gasteiger partial charge in [-0.25, -0.2) is 0 Å². The van der Waals surface area contributed by atoms with E-state index in [1.54, 1.807) is 0 Å². The molecule has 2 rings (SSSR count). The molecule has 1 fully saturated rings. The van der Waals surface area contributed by atoms with Crippen LogP contribution >= 0.6 is 0 Å². The predicted octanol–water partition coefficient (Wildman–Crippen LogP) is 2.35. The molecule has 0 saturated carbocycles. The minimum Gasteiger partial charge on any atom is -0.330 e. The summed E-state index contributed by atoms with van der Waals surface area (Å²) in [6.07, 6.45) is 2.28. The lowest BCUT2D eigenvalue weighted by atomic mass is 9.88. The Kier molecular flexibility index (Phi) is 5.42. The number of rotatable bonds is 6. The summed E-state index contributed by atoms with van der Waals surface area (Å²) in [4.78, 5) is 4.95. The maximum atomic E-state index is 5.60. The van der Waals surface area contributed by atoms with E-state index in [1.165, 1.54) is 30.6 Å². The van der Waals surface area contributed by atoms with Crippen molar-refractivity contribution in [2.45, 2.75) is 38.8 Å². The van der Waals surface area contributed by atoms with Crippen molar-refractivity contribution in [2.75, 3.05) is 33.7 Å². The van der Waals surface area contributed by atoms with Crippen LogP contribution in [0.5, 0.6) is 0 Å². The molecule has 1 aromatic carbocycles. The van der Waals surface area contributed by atoms with Crippen molar-refractivity contribution in [2.24, 2.45) is 11.7 Å². The van der Waals surface area contributed by atoms with Crippen molar-refractivity contribution in [3.8, 4) is 0 Å². The second-order valence-corrected chi connectivity index (χ2v) is 7.11. The fourth-order valence-corrected chi connectivity index (χ4v) is 3.35. The second kappa shape index (κ2) is 6.91. The SMILES string of the molecule is CN(Cc1ccc(CCN)cc1)C[C@H]1CCN(C)C1(C)C. The summed E-state index contributed by atoms with van der Waals surface area (Å²) in [6.45, 7) is 8.89. The molecule has 0 bridgehead atoms. The largest absolute Gasteiger partial charge is 0.330 e. The lowest BCUT2D eigenvalue weighted by Crippen LogP contribution is -2.43. The fourth-order valence-electron chi connectivity index (χ4n) is 3.35. The molecule has 3 nitrogen and oxygen atoms in total. The predicted molar refractivity (Wildman–Crippen MR) is 90.4 cm³/mol. The summed E-state index contributed by atoms with van der Waals surface area (Å²) in [5.74, 6) is 0.754. The van der Waals surface area contributed by atoms with Crippen LogP contribution in [0.3, 0.4) is 0 Å². The first-order valence-electron chi connectivity index (χ1n) is 8.11. The maximum absolute atomic E-state index is 5.60. The van der Waals surface area contributed by atoms with Gasteiger partial charge in [0, 0.05) is 18.6 Å². The third-order valence-electron chi connectivity index (χ3n) is 5.24. The first-order chi connectivity index (χ1) is 9.93. The summed E-state index contributed by atoms with van der Waals surface area (Å²) in [7, 11) is 4.48. The summed E-state index contributed by atoms with van der Waals surface area (Å²) in [5, 5.41) is 0. The van der Waals surface area contributed by atoms with E-state index >= 15 is 0 Å². The first kappa shape index (κ1) is 16.5. The van der Waals surface area contributed by atoms with E-state index in [9.17, 15) is 0 Å². The summed E-state index contributed by atoms with van der Waals surface area (Å²) < 4.78 is 0. The fraction of sp³-hybridized carbons (Fsp3) is 0.667. The topological polar surface area (TPSA) is 32.5 Å². The van der Waals surface area contributed by atoms with Crippen molar-refractivity contribution < 1.29 is 0 Å². The Morgan fingerprint density at radius 1 is 1.24 bits per heavy atom. The van der Waals surface area contributed by atoms with E-state index in [0.29, 0.717) is 5.54 Å². The summed E-state index contributed by atoms with van der Waals surface area (Å²) in [6, 6.07) is 8.91. The quantitative estimate of drug-likeness (QED) is 0.872.